The summed E-state index contributed by atoms with van der Waals surface area (Å²) >= 11 is 0. The van der Waals surface area contributed by atoms with E-state index in [0.29, 0.717) is 0 Å². The van der Waals surface area contributed by atoms with E-state index in [-0.39, 0.29) is 0 Å². The number of hydrogen-bond acceptors (Lipinski definition) is 2. The van der Waals surface area contributed by atoms with Crippen LogP contribution in [0.25, 0.3) is 27.5 Å². The normalized spacial score (nSPS) is 17.3. The monoisotopic (exact) mass is 498 g/mol. The van der Waals surface area contributed by atoms with E-state index in [1.54, 1.807) is 0 Å². The molecule has 0 radical (unpaired) electrons. The highest BCUT2D eigenvalue weighted by atomic mass is 16.3. The second kappa shape index (κ2) is 8.43. The molecular weight excluding hydrogens is 474 g/mol. The number of rotatable bonds is 4. The van der Waals surface area contributed by atoms with Gasteiger partial charge in [-0.1, -0.05) is 84.9 Å². The number of fused-ring (bicyclic) bond motifs is 5. The molecule has 1 N–H and O–H groups in total. The van der Waals surface area contributed by atoms with Crippen molar-refractivity contribution in [1.29, 1.82) is 0 Å². The van der Waals surface area contributed by atoms with Gasteiger partial charge in [0, 0.05) is 22.7 Å². The first-order valence-electron chi connectivity index (χ1n) is 13.3. The molecule has 2 aliphatic rings. The number of furan rings is 1. The molecule has 0 spiro atoms. The van der Waals surface area contributed by atoms with Gasteiger partial charge in [0.1, 0.15) is 23.3 Å². The molecular formula is C37H24NO+. The second-order valence-electron chi connectivity index (χ2n) is 10.1. The minimum absolute atomic E-state index is 0.436. The van der Waals surface area contributed by atoms with E-state index in [2.05, 4.69) is 121 Å². The van der Waals surface area contributed by atoms with E-state index in [9.17, 15) is 0 Å². The minimum Gasteiger partial charge on any atom is -0.456 e. The maximum absolute atomic E-state index is 6.14. The number of anilines is 2. The smallest absolute Gasteiger partial charge is 0.137 e. The Labute approximate surface area is 227 Å². The first-order valence-corrected chi connectivity index (χ1v) is 13.3. The zero-order valence-corrected chi connectivity index (χ0v) is 21.2. The fourth-order valence-electron chi connectivity index (χ4n) is 6.51. The molecule has 182 valence electrons. The van der Waals surface area contributed by atoms with Crippen molar-refractivity contribution in [2.45, 2.75) is 5.41 Å². The van der Waals surface area contributed by atoms with Crippen LogP contribution in [0.4, 0.5) is 11.4 Å². The van der Waals surface area contributed by atoms with Crippen LogP contribution in [0.2, 0.25) is 0 Å². The summed E-state index contributed by atoms with van der Waals surface area (Å²) in [7, 11) is 0. The summed E-state index contributed by atoms with van der Waals surface area (Å²) in [4.78, 5) is 0. The summed E-state index contributed by atoms with van der Waals surface area (Å²) in [5, 5.41) is 5.95. The molecule has 2 nitrogen and oxygen atoms in total. The quantitative estimate of drug-likeness (QED) is 0.245. The largest absolute Gasteiger partial charge is 0.456 e. The van der Waals surface area contributed by atoms with Crippen molar-refractivity contribution in [3.05, 3.63) is 173 Å². The molecule has 39 heavy (non-hydrogen) atoms. The summed E-state index contributed by atoms with van der Waals surface area (Å²) in [5.41, 5.74) is 11.0. The number of hydrogen-bond donors (Lipinski definition) is 1. The Bertz CT molecular complexity index is 1990. The molecule has 0 fully saturated rings. The average Bonchev–Trinajstić information content (AvgIpc) is 3.53. The molecule has 0 saturated heterocycles. The first-order chi connectivity index (χ1) is 19.3. The second-order valence-corrected chi connectivity index (χ2v) is 10.1. The van der Waals surface area contributed by atoms with E-state index < -0.39 is 5.41 Å². The predicted molar refractivity (Wildman–Crippen MR) is 160 cm³/mol. The van der Waals surface area contributed by atoms with Gasteiger partial charge in [-0.05, 0) is 53.1 Å². The minimum atomic E-state index is -0.436. The molecule has 0 saturated carbocycles. The third-order valence-corrected chi connectivity index (χ3v) is 8.07. The summed E-state index contributed by atoms with van der Waals surface area (Å²) in [6.45, 7) is 0. The van der Waals surface area contributed by atoms with Gasteiger partial charge in [-0.3, -0.25) is 0 Å². The Kier molecular flexibility index (Phi) is 4.73. The van der Waals surface area contributed by atoms with Crippen LogP contribution in [0.1, 0.15) is 22.3 Å². The molecule has 1 heterocycles. The fourth-order valence-corrected chi connectivity index (χ4v) is 6.51. The van der Waals surface area contributed by atoms with Gasteiger partial charge in [-0.15, -0.1) is 0 Å². The number of allylic oxidation sites excluding steroid dienone is 6. The van der Waals surface area contributed by atoms with Crippen LogP contribution >= 0.6 is 0 Å². The Morgan fingerprint density at radius 2 is 1.44 bits per heavy atom. The lowest BCUT2D eigenvalue weighted by molar-refractivity contribution is 0.669. The zero-order valence-electron chi connectivity index (χ0n) is 21.2. The van der Waals surface area contributed by atoms with E-state index in [1.165, 1.54) is 33.4 Å². The summed E-state index contributed by atoms with van der Waals surface area (Å²) < 4.78 is 6.14. The molecule has 6 aromatic rings. The number of benzene rings is 5. The first kappa shape index (κ1) is 21.9. The van der Waals surface area contributed by atoms with Crippen molar-refractivity contribution in [2.75, 3.05) is 5.32 Å². The van der Waals surface area contributed by atoms with E-state index in [4.69, 9.17) is 4.42 Å². The van der Waals surface area contributed by atoms with Crippen LogP contribution in [0, 0.1) is 6.08 Å². The maximum atomic E-state index is 6.14. The average molecular weight is 499 g/mol. The molecule has 0 amide bonds. The number of para-hydroxylation sites is 1. The maximum Gasteiger partial charge on any atom is 0.137 e. The fraction of sp³-hybridized carbons (Fsp3) is 0.0270. The summed E-state index contributed by atoms with van der Waals surface area (Å²) in [5.74, 6) is 0. The molecule has 2 heteroatoms. The predicted octanol–water partition coefficient (Wildman–Crippen LogP) is 9.36. The molecule has 1 unspecified atom stereocenters. The van der Waals surface area contributed by atoms with Crippen molar-refractivity contribution >= 4 is 38.9 Å². The zero-order chi connectivity index (χ0) is 25.8. The standard InChI is InChI=1S/C37H24NO/c1-2-12-25(13-3-1)37(31-19-7-4-16-28(31)29-17-5-8-20-32(29)37)26-14-10-15-27(24-26)38-33-21-11-23-35-36(33)30-18-6-9-22-34(30)39-35/h1-4,6-24,38H/q+1. The molecule has 0 aliphatic heterocycles. The van der Waals surface area contributed by atoms with Gasteiger partial charge >= 0.3 is 0 Å². The Balaban J connectivity index is 1.34. The van der Waals surface area contributed by atoms with E-state index in [0.717, 1.165) is 33.3 Å². The van der Waals surface area contributed by atoms with E-state index in [1.807, 2.05) is 30.3 Å². The third-order valence-electron chi connectivity index (χ3n) is 8.07. The molecule has 5 aromatic carbocycles. The highest BCUT2D eigenvalue weighted by Crippen LogP contribution is 2.56. The molecule has 2 aliphatic carbocycles. The number of nitrogens with one attached hydrogen (secondary N) is 1. The van der Waals surface area contributed by atoms with E-state index >= 15 is 0 Å². The van der Waals surface area contributed by atoms with Crippen molar-refractivity contribution in [1.82, 2.24) is 0 Å². The lowest BCUT2D eigenvalue weighted by Crippen LogP contribution is -2.29. The van der Waals surface area contributed by atoms with Crippen LogP contribution in [-0.4, -0.2) is 0 Å². The van der Waals surface area contributed by atoms with Crippen molar-refractivity contribution < 1.29 is 4.42 Å². The molecule has 1 aromatic heterocycles. The van der Waals surface area contributed by atoms with Crippen LogP contribution < -0.4 is 5.32 Å². The van der Waals surface area contributed by atoms with Gasteiger partial charge in [0.2, 0.25) is 0 Å². The van der Waals surface area contributed by atoms with Crippen LogP contribution in [0.3, 0.4) is 0 Å². The lowest BCUT2D eigenvalue weighted by Gasteiger charge is -2.32. The van der Waals surface area contributed by atoms with Crippen molar-refractivity contribution in [3.63, 3.8) is 0 Å². The highest BCUT2D eigenvalue weighted by molar-refractivity contribution is 6.12. The molecule has 8 rings (SSSR count). The third kappa shape index (κ3) is 3.13. The molecule has 0 bridgehead atoms. The highest BCUT2D eigenvalue weighted by Gasteiger charge is 2.51. The Hall–Kier alpha value is -5.17. The van der Waals surface area contributed by atoms with Gasteiger partial charge < -0.3 is 9.73 Å². The topological polar surface area (TPSA) is 25.2 Å². The van der Waals surface area contributed by atoms with Gasteiger partial charge in [0.25, 0.3) is 0 Å². The SMILES string of the molecule is [C+]1=CC2=C(C=C1)C(c1ccccc1)(c1cccc(Nc3cccc4oc5ccccc5c34)c1)c1ccccc12. The summed E-state index contributed by atoms with van der Waals surface area (Å²) in [6.07, 6.45) is 9.73. The molecule has 1 atom stereocenters. The van der Waals surface area contributed by atoms with Gasteiger partial charge in [0.05, 0.1) is 33.7 Å². The van der Waals surface area contributed by atoms with Gasteiger partial charge in [0.15, 0.2) is 0 Å². The van der Waals surface area contributed by atoms with Crippen LogP contribution in [0.15, 0.2) is 150 Å². The van der Waals surface area contributed by atoms with Crippen molar-refractivity contribution in [3.8, 4) is 0 Å². The Morgan fingerprint density at radius 3 is 2.38 bits per heavy atom. The van der Waals surface area contributed by atoms with Crippen LogP contribution in [-0.2, 0) is 5.41 Å². The Morgan fingerprint density at radius 1 is 0.667 bits per heavy atom. The van der Waals surface area contributed by atoms with Crippen LogP contribution in [0.5, 0.6) is 0 Å². The van der Waals surface area contributed by atoms with Crippen molar-refractivity contribution in [2.24, 2.45) is 0 Å². The summed E-state index contributed by atoms with van der Waals surface area (Å²) in [6, 6.07) is 42.9. The van der Waals surface area contributed by atoms with Gasteiger partial charge in [-0.25, -0.2) is 0 Å². The van der Waals surface area contributed by atoms with Gasteiger partial charge in [-0.2, -0.15) is 0 Å². The lowest BCUT2D eigenvalue weighted by atomic mass is 9.66.